The zero-order valence-electron chi connectivity index (χ0n) is 15.8. The fraction of sp³-hybridized carbons (Fsp3) is 0.350. The van der Waals surface area contributed by atoms with Crippen LogP contribution in [0.25, 0.3) is 0 Å². The fourth-order valence-corrected chi connectivity index (χ4v) is 2.45. The van der Waals surface area contributed by atoms with Crippen LogP contribution < -0.4 is 15.4 Å². The molecule has 1 atom stereocenters. The molecule has 2 aromatic carbocycles. The maximum absolute atomic E-state index is 12.6. The summed E-state index contributed by atoms with van der Waals surface area (Å²) in [5.41, 5.74) is 0.695. The van der Waals surface area contributed by atoms with Crippen LogP contribution in [0.15, 0.2) is 53.5 Å². The van der Waals surface area contributed by atoms with Gasteiger partial charge in [-0.2, -0.15) is 13.2 Å². The molecule has 152 valence electrons. The lowest BCUT2D eigenvalue weighted by molar-refractivity contribution is -0.137. The first-order valence-electron chi connectivity index (χ1n) is 8.83. The number of halogens is 3. The smallest absolute Gasteiger partial charge is 0.416 e. The van der Waals surface area contributed by atoms with Gasteiger partial charge in [0.25, 0.3) is 0 Å². The third-order valence-corrected chi connectivity index (χ3v) is 4.01. The first kappa shape index (κ1) is 21.6. The van der Waals surface area contributed by atoms with Crippen molar-refractivity contribution >= 4 is 5.96 Å². The number of hydrogen-bond acceptors (Lipinski definition) is 3. The summed E-state index contributed by atoms with van der Waals surface area (Å²) in [5, 5.41) is 16.4. The Balaban J connectivity index is 1.95. The number of hydrogen-bond donors (Lipinski definition) is 3. The number of alkyl halides is 3. The van der Waals surface area contributed by atoms with Crippen LogP contribution in [0.2, 0.25) is 0 Å². The predicted octanol–water partition coefficient (Wildman–Crippen LogP) is 3.50. The lowest BCUT2D eigenvalue weighted by Gasteiger charge is -2.16. The Hall–Kier alpha value is -2.74. The van der Waals surface area contributed by atoms with Crippen LogP contribution in [0, 0.1) is 0 Å². The number of aliphatic hydroxyl groups excluding tert-OH is 1. The number of aliphatic imine (C=N–C) groups is 1. The van der Waals surface area contributed by atoms with Crippen LogP contribution >= 0.6 is 0 Å². The molecule has 0 aliphatic carbocycles. The van der Waals surface area contributed by atoms with Gasteiger partial charge in [0.15, 0.2) is 5.96 Å². The molecule has 0 bridgehead atoms. The number of methoxy groups -OCH3 is 1. The van der Waals surface area contributed by atoms with E-state index in [4.69, 9.17) is 4.74 Å². The van der Waals surface area contributed by atoms with Gasteiger partial charge < -0.3 is 20.5 Å². The van der Waals surface area contributed by atoms with Gasteiger partial charge in [0.1, 0.15) is 5.75 Å². The fourth-order valence-electron chi connectivity index (χ4n) is 2.45. The van der Waals surface area contributed by atoms with Crippen molar-refractivity contribution in [3.05, 3.63) is 65.2 Å². The SMILES string of the molecule is CCNC(=NCc1ccc(C(F)(F)F)cc1)NCC(O)c1ccc(OC)cc1. The molecule has 5 nitrogen and oxygen atoms in total. The van der Waals surface area contributed by atoms with E-state index < -0.39 is 17.8 Å². The van der Waals surface area contributed by atoms with Crippen LogP contribution in [0.3, 0.4) is 0 Å². The van der Waals surface area contributed by atoms with Crippen molar-refractivity contribution in [2.45, 2.75) is 25.7 Å². The van der Waals surface area contributed by atoms with E-state index in [0.717, 1.165) is 17.7 Å². The molecule has 0 heterocycles. The van der Waals surface area contributed by atoms with Crippen molar-refractivity contribution in [1.82, 2.24) is 10.6 Å². The summed E-state index contributed by atoms with van der Waals surface area (Å²) in [6, 6.07) is 12.0. The van der Waals surface area contributed by atoms with Crippen molar-refractivity contribution in [2.75, 3.05) is 20.2 Å². The molecule has 0 amide bonds. The molecule has 8 heteroatoms. The number of aliphatic hydroxyl groups is 1. The molecule has 0 radical (unpaired) electrons. The van der Waals surface area contributed by atoms with Gasteiger partial charge in [-0.3, -0.25) is 0 Å². The monoisotopic (exact) mass is 395 g/mol. The highest BCUT2D eigenvalue weighted by Gasteiger charge is 2.29. The Morgan fingerprint density at radius 3 is 2.25 bits per heavy atom. The summed E-state index contributed by atoms with van der Waals surface area (Å²) in [7, 11) is 1.57. The second-order valence-corrected chi connectivity index (χ2v) is 6.06. The number of benzene rings is 2. The molecule has 0 saturated carbocycles. The Labute approximate surface area is 162 Å². The Bertz CT molecular complexity index is 760. The Morgan fingerprint density at radius 2 is 1.71 bits per heavy atom. The summed E-state index contributed by atoms with van der Waals surface area (Å²) in [4.78, 5) is 4.35. The molecular weight excluding hydrogens is 371 g/mol. The first-order chi connectivity index (χ1) is 13.3. The van der Waals surface area contributed by atoms with Gasteiger partial charge in [-0.25, -0.2) is 4.99 Å². The van der Waals surface area contributed by atoms with E-state index >= 15 is 0 Å². The van der Waals surface area contributed by atoms with E-state index in [2.05, 4.69) is 15.6 Å². The molecule has 0 aromatic heterocycles. The molecule has 0 fully saturated rings. The normalized spacial score (nSPS) is 13.1. The van der Waals surface area contributed by atoms with Crippen LogP contribution in [0.1, 0.15) is 29.7 Å². The summed E-state index contributed by atoms with van der Waals surface area (Å²) in [6.07, 6.45) is -5.10. The highest BCUT2D eigenvalue weighted by Crippen LogP contribution is 2.29. The van der Waals surface area contributed by atoms with E-state index in [9.17, 15) is 18.3 Å². The van der Waals surface area contributed by atoms with Crippen molar-refractivity contribution < 1.29 is 23.0 Å². The largest absolute Gasteiger partial charge is 0.497 e. The van der Waals surface area contributed by atoms with Crippen LogP contribution in [-0.2, 0) is 12.7 Å². The molecule has 2 rings (SSSR count). The zero-order valence-corrected chi connectivity index (χ0v) is 15.8. The van der Waals surface area contributed by atoms with E-state index in [-0.39, 0.29) is 13.1 Å². The second-order valence-electron chi connectivity index (χ2n) is 6.06. The molecule has 1 unspecified atom stereocenters. The number of nitrogens with zero attached hydrogens (tertiary/aromatic N) is 1. The standard InChI is InChI=1S/C20H24F3N3O2/c1-3-24-19(25-12-14-4-8-16(9-5-14)20(21,22)23)26-13-18(27)15-6-10-17(28-2)11-7-15/h4-11,18,27H,3,12-13H2,1-2H3,(H2,24,25,26). The average Bonchev–Trinajstić information content (AvgIpc) is 2.69. The summed E-state index contributed by atoms with van der Waals surface area (Å²) in [5.74, 6) is 1.17. The highest BCUT2D eigenvalue weighted by molar-refractivity contribution is 5.79. The predicted molar refractivity (Wildman–Crippen MR) is 102 cm³/mol. The quantitative estimate of drug-likeness (QED) is 0.496. The molecule has 2 aromatic rings. The van der Waals surface area contributed by atoms with Crippen LogP contribution in [0.4, 0.5) is 13.2 Å². The number of guanidine groups is 1. The minimum Gasteiger partial charge on any atom is -0.497 e. The second kappa shape index (κ2) is 9.98. The first-order valence-corrected chi connectivity index (χ1v) is 8.83. The van der Waals surface area contributed by atoms with Gasteiger partial charge in [-0.1, -0.05) is 24.3 Å². The third kappa shape index (κ3) is 6.45. The van der Waals surface area contributed by atoms with Crippen molar-refractivity contribution in [1.29, 1.82) is 0 Å². The number of nitrogens with one attached hydrogen (secondary N) is 2. The van der Waals surface area contributed by atoms with Gasteiger partial charge >= 0.3 is 6.18 Å². The lowest BCUT2D eigenvalue weighted by Crippen LogP contribution is -2.39. The minimum atomic E-state index is -4.35. The lowest BCUT2D eigenvalue weighted by atomic mass is 10.1. The molecule has 0 aliphatic heterocycles. The van der Waals surface area contributed by atoms with Gasteiger partial charge in [-0.15, -0.1) is 0 Å². The molecule has 3 N–H and O–H groups in total. The van der Waals surface area contributed by atoms with E-state index in [1.54, 1.807) is 31.4 Å². The topological polar surface area (TPSA) is 65.9 Å². The summed E-state index contributed by atoms with van der Waals surface area (Å²) in [6.45, 7) is 2.95. The number of rotatable bonds is 7. The molecule has 0 saturated heterocycles. The van der Waals surface area contributed by atoms with Gasteiger partial charge in [0.05, 0.1) is 25.3 Å². The summed E-state index contributed by atoms with van der Waals surface area (Å²) < 4.78 is 42.9. The average molecular weight is 395 g/mol. The molecule has 0 spiro atoms. The van der Waals surface area contributed by atoms with Gasteiger partial charge in [-0.05, 0) is 42.3 Å². The Kier molecular flexibility index (Phi) is 7.69. The van der Waals surface area contributed by atoms with Crippen molar-refractivity contribution in [3.8, 4) is 5.75 Å². The van der Waals surface area contributed by atoms with Crippen molar-refractivity contribution in [3.63, 3.8) is 0 Å². The van der Waals surface area contributed by atoms with Crippen LogP contribution in [-0.4, -0.2) is 31.3 Å². The maximum Gasteiger partial charge on any atom is 0.416 e. The number of ether oxygens (including phenoxy) is 1. The third-order valence-electron chi connectivity index (χ3n) is 4.01. The van der Waals surface area contributed by atoms with E-state index in [1.807, 2.05) is 6.92 Å². The zero-order chi connectivity index (χ0) is 20.6. The molecule has 28 heavy (non-hydrogen) atoms. The maximum atomic E-state index is 12.6. The summed E-state index contributed by atoms with van der Waals surface area (Å²) >= 11 is 0. The van der Waals surface area contributed by atoms with E-state index in [0.29, 0.717) is 23.8 Å². The van der Waals surface area contributed by atoms with Crippen LogP contribution in [0.5, 0.6) is 5.75 Å². The molecule has 0 aliphatic rings. The minimum absolute atomic E-state index is 0.214. The van der Waals surface area contributed by atoms with E-state index in [1.165, 1.54) is 12.1 Å². The molecular formula is C20H24F3N3O2. The highest BCUT2D eigenvalue weighted by atomic mass is 19.4. The van der Waals surface area contributed by atoms with Gasteiger partial charge in [0, 0.05) is 13.1 Å². The van der Waals surface area contributed by atoms with Crippen molar-refractivity contribution in [2.24, 2.45) is 4.99 Å². The van der Waals surface area contributed by atoms with Gasteiger partial charge in [0.2, 0.25) is 0 Å². The Morgan fingerprint density at radius 1 is 1.07 bits per heavy atom.